The van der Waals surface area contributed by atoms with Crippen LogP contribution in [0, 0.1) is 11.6 Å². The molecule has 3 aromatic carbocycles. The van der Waals surface area contributed by atoms with Gasteiger partial charge in [0.1, 0.15) is 23.7 Å². The largest absolute Gasteiger partial charge is 0.344 e. The Bertz CT molecular complexity index is 1330. The fourth-order valence-electron chi connectivity index (χ4n) is 4.58. The van der Waals surface area contributed by atoms with Crippen LogP contribution in [0.2, 0.25) is 0 Å². The minimum absolute atomic E-state index is 0.149. The first-order chi connectivity index (χ1) is 18.2. The number of hydrogen-bond donors (Lipinski definition) is 2. The summed E-state index contributed by atoms with van der Waals surface area (Å²) in [5.74, 6) is -3.41. The van der Waals surface area contributed by atoms with Crippen LogP contribution in [-0.2, 0) is 20.8 Å². The third-order valence-corrected chi connectivity index (χ3v) is 6.47. The molecule has 4 rings (SSSR count). The molecule has 0 radical (unpaired) electrons. The molecule has 38 heavy (non-hydrogen) atoms. The van der Waals surface area contributed by atoms with E-state index in [1.165, 1.54) is 6.92 Å². The predicted molar refractivity (Wildman–Crippen MR) is 141 cm³/mol. The van der Waals surface area contributed by atoms with Crippen molar-refractivity contribution in [2.24, 2.45) is 0 Å². The molecule has 2 N–H and O–H groups in total. The van der Waals surface area contributed by atoms with E-state index in [-0.39, 0.29) is 17.9 Å². The summed E-state index contributed by atoms with van der Waals surface area (Å²) in [6.07, 6.45) is 1.71. The van der Waals surface area contributed by atoms with E-state index in [4.69, 9.17) is 0 Å². The number of amides is 3. The third-order valence-electron chi connectivity index (χ3n) is 6.47. The zero-order chi connectivity index (χ0) is 27.2. The van der Waals surface area contributed by atoms with E-state index in [9.17, 15) is 23.2 Å². The molecule has 0 saturated carbocycles. The highest BCUT2D eigenvalue weighted by Crippen LogP contribution is 2.31. The number of nitrogens with zero attached hydrogens (tertiary/aromatic N) is 1. The number of halogens is 2. The molecule has 0 bridgehead atoms. The Morgan fingerprint density at radius 3 is 2.21 bits per heavy atom. The molecule has 0 unspecified atom stereocenters. The van der Waals surface area contributed by atoms with Crippen LogP contribution in [0.1, 0.15) is 29.5 Å². The second-order valence-electron chi connectivity index (χ2n) is 9.42. The predicted octanol–water partition coefficient (Wildman–Crippen LogP) is 3.84. The fraction of sp³-hybridized carbons (Fsp3) is 0.233. The molecule has 0 aromatic heterocycles. The minimum Gasteiger partial charge on any atom is -0.344 e. The van der Waals surface area contributed by atoms with Gasteiger partial charge in [0, 0.05) is 25.6 Å². The molecule has 0 aliphatic carbocycles. The van der Waals surface area contributed by atoms with Crippen molar-refractivity contribution in [1.29, 1.82) is 0 Å². The van der Waals surface area contributed by atoms with Crippen LogP contribution in [0.15, 0.2) is 84.9 Å². The molecule has 8 heteroatoms. The normalized spacial score (nSPS) is 18.3. The molecule has 3 aromatic rings. The van der Waals surface area contributed by atoms with Crippen LogP contribution in [0.3, 0.4) is 0 Å². The Kier molecular flexibility index (Phi) is 8.31. The Hall–Kier alpha value is -4.33. The monoisotopic (exact) mass is 517 g/mol. The highest BCUT2D eigenvalue weighted by Gasteiger charge is 2.36. The van der Waals surface area contributed by atoms with Gasteiger partial charge in [-0.3, -0.25) is 14.4 Å². The highest BCUT2D eigenvalue weighted by atomic mass is 19.1. The van der Waals surface area contributed by atoms with Crippen LogP contribution in [0.5, 0.6) is 0 Å². The first kappa shape index (κ1) is 26.7. The molecule has 1 heterocycles. The Balaban J connectivity index is 1.55. The number of likely N-dealkylation sites (N-methyl/N-ethyl adjacent to an activating group) is 1. The van der Waals surface area contributed by atoms with E-state index in [2.05, 4.69) is 10.6 Å². The molecule has 0 fully saturated rings. The van der Waals surface area contributed by atoms with Gasteiger partial charge >= 0.3 is 0 Å². The topological polar surface area (TPSA) is 78.5 Å². The summed E-state index contributed by atoms with van der Waals surface area (Å²) in [6, 6.07) is 20.1. The number of carbonyl (C=O) groups excluding carboxylic acids is 3. The minimum atomic E-state index is -0.990. The Morgan fingerprint density at radius 2 is 1.58 bits per heavy atom. The Morgan fingerprint density at radius 1 is 0.974 bits per heavy atom. The summed E-state index contributed by atoms with van der Waals surface area (Å²) < 4.78 is 26.9. The number of carbonyl (C=O) groups is 3. The van der Waals surface area contributed by atoms with Crippen molar-refractivity contribution in [3.8, 4) is 0 Å². The summed E-state index contributed by atoms with van der Waals surface area (Å²) in [7, 11) is 1.69. The second kappa shape index (κ2) is 11.8. The van der Waals surface area contributed by atoms with Crippen molar-refractivity contribution < 1.29 is 23.2 Å². The lowest BCUT2D eigenvalue weighted by atomic mass is 9.88. The number of rotatable bonds is 7. The highest BCUT2D eigenvalue weighted by molar-refractivity contribution is 5.94. The van der Waals surface area contributed by atoms with Gasteiger partial charge in [-0.05, 0) is 41.3 Å². The maximum Gasteiger partial charge on any atom is 0.246 e. The average molecular weight is 518 g/mol. The van der Waals surface area contributed by atoms with Crippen LogP contribution < -0.4 is 10.6 Å². The van der Waals surface area contributed by atoms with E-state index in [0.717, 1.165) is 34.9 Å². The van der Waals surface area contributed by atoms with Gasteiger partial charge < -0.3 is 15.5 Å². The number of hydrogen-bond acceptors (Lipinski definition) is 3. The van der Waals surface area contributed by atoms with Crippen molar-refractivity contribution in [3.05, 3.63) is 113 Å². The standard InChI is InChI=1S/C30H29F2N3O3/c1-19(33-27(36)15-20-13-24(31)17-25(32)14-20)29(37)34-28-26(22-11-7-4-8-12-22)16-23(18-35(2)30(28)38)21-9-5-3-6-10-21/h3-14,16-17,19,26,28H,15,18H2,1-2H3,(H,33,36)(H,34,37)/t19-,26-,28-/m0/s1. The van der Waals surface area contributed by atoms with E-state index < -0.39 is 41.5 Å². The zero-order valence-electron chi connectivity index (χ0n) is 21.2. The van der Waals surface area contributed by atoms with Crippen LogP contribution in [0.25, 0.3) is 5.57 Å². The van der Waals surface area contributed by atoms with Crippen LogP contribution in [0.4, 0.5) is 8.78 Å². The molecule has 6 nitrogen and oxygen atoms in total. The van der Waals surface area contributed by atoms with Gasteiger partial charge in [-0.2, -0.15) is 0 Å². The first-order valence-corrected chi connectivity index (χ1v) is 12.3. The maximum atomic E-state index is 13.5. The summed E-state index contributed by atoms with van der Waals surface area (Å²) >= 11 is 0. The molecule has 3 amide bonds. The lowest BCUT2D eigenvalue weighted by molar-refractivity contribution is -0.136. The zero-order valence-corrected chi connectivity index (χ0v) is 21.2. The SMILES string of the molecule is C[C@H](NC(=O)Cc1cc(F)cc(F)c1)C(=O)N[C@@H]1C(=O)N(C)CC(c2ccccc2)=C[C@H]1c1ccccc1. The van der Waals surface area contributed by atoms with Crippen LogP contribution in [-0.4, -0.2) is 48.3 Å². The molecule has 196 valence electrons. The van der Waals surface area contributed by atoms with Crippen molar-refractivity contribution in [3.63, 3.8) is 0 Å². The molecule has 0 spiro atoms. The summed E-state index contributed by atoms with van der Waals surface area (Å²) in [5.41, 5.74) is 2.95. The lowest BCUT2D eigenvalue weighted by Crippen LogP contribution is -2.54. The van der Waals surface area contributed by atoms with Gasteiger partial charge in [0.05, 0.1) is 6.42 Å². The van der Waals surface area contributed by atoms with E-state index in [0.29, 0.717) is 6.54 Å². The van der Waals surface area contributed by atoms with Crippen molar-refractivity contribution in [1.82, 2.24) is 15.5 Å². The van der Waals surface area contributed by atoms with Crippen molar-refractivity contribution in [2.75, 3.05) is 13.6 Å². The quantitative estimate of drug-likeness (QED) is 0.500. The van der Waals surface area contributed by atoms with Gasteiger partial charge in [-0.1, -0.05) is 66.7 Å². The summed E-state index contributed by atoms with van der Waals surface area (Å²) in [6.45, 7) is 1.86. The number of benzene rings is 3. The third kappa shape index (κ3) is 6.51. The fourth-order valence-corrected chi connectivity index (χ4v) is 4.58. The molecule has 1 aliphatic rings. The average Bonchev–Trinajstić information content (AvgIpc) is 3.01. The van der Waals surface area contributed by atoms with Crippen LogP contribution >= 0.6 is 0 Å². The van der Waals surface area contributed by atoms with E-state index in [1.54, 1.807) is 11.9 Å². The van der Waals surface area contributed by atoms with Gasteiger partial charge in [-0.15, -0.1) is 0 Å². The molecule has 1 aliphatic heterocycles. The van der Waals surface area contributed by atoms with Gasteiger partial charge in [-0.25, -0.2) is 8.78 Å². The first-order valence-electron chi connectivity index (χ1n) is 12.3. The second-order valence-corrected chi connectivity index (χ2v) is 9.42. The molecule has 3 atom stereocenters. The van der Waals surface area contributed by atoms with E-state index in [1.807, 2.05) is 66.7 Å². The van der Waals surface area contributed by atoms with E-state index >= 15 is 0 Å². The Labute approximate surface area is 220 Å². The molecule has 0 saturated heterocycles. The molecular formula is C30H29F2N3O3. The maximum absolute atomic E-state index is 13.5. The number of nitrogens with one attached hydrogen (secondary N) is 2. The molecular weight excluding hydrogens is 488 g/mol. The lowest BCUT2D eigenvalue weighted by Gasteiger charge is -2.28. The summed E-state index contributed by atoms with van der Waals surface area (Å²) in [5, 5.41) is 5.39. The van der Waals surface area contributed by atoms with Gasteiger partial charge in [0.25, 0.3) is 0 Å². The van der Waals surface area contributed by atoms with Gasteiger partial charge in [0.15, 0.2) is 0 Å². The van der Waals surface area contributed by atoms with Crippen molar-refractivity contribution in [2.45, 2.75) is 31.3 Å². The summed E-state index contributed by atoms with van der Waals surface area (Å²) in [4.78, 5) is 40.7. The van der Waals surface area contributed by atoms with Crippen molar-refractivity contribution >= 4 is 23.3 Å². The van der Waals surface area contributed by atoms with Gasteiger partial charge in [0.2, 0.25) is 17.7 Å². The smallest absolute Gasteiger partial charge is 0.246 e.